The Kier molecular flexibility index (Phi) is 8.09. The van der Waals surface area contributed by atoms with E-state index >= 15 is 4.39 Å². The van der Waals surface area contributed by atoms with Crippen molar-refractivity contribution in [3.8, 4) is 17.0 Å². The van der Waals surface area contributed by atoms with Gasteiger partial charge in [0, 0.05) is 36.2 Å². The average Bonchev–Trinajstić information content (AvgIpc) is 2.91. The molecule has 2 aliphatic rings. The Labute approximate surface area is 228 Å². The van der Waals surface area contributed by atoms with Crippen LogP contribution in [0.1, 0.15) is 43.6 Å². The average molecular weight is 540 g/mol. The highest BCUT2D eigenvalue weighted by Crippen LogP contribution is 2.39. The molecular weight excluding hydrogens is 503 g/mol. The summed E-state index contributed by atoms with van der Waals surface area (Å²) in [7, 11) is 4.21. The Morgan fingerprint density at radius 2 is 1.77 bits per heavy atom. The first-order valence-corrected chi connectivity index (χ1v) is 13.6. The van der Waals surface area contributed by atoms with Crippen LogP contribution in [0.15, 0.2) is 36.5 Å². The van der Waals surface area contributed by atoms with E-state index in [-0.39, 0.29) is 29.7 Å². The van der Waals surface area contributed by atoms with Crippen LogP contribution < -0.4 is 9.64 Å². The SMILES string of the molecule is CC(C)N1CCOc2c(F)cc(-c3nc(Cc4ccc(CN5CCC(N(C)C)CC5)c(F)c4)ncc3F)cc21. The Hall–Kier alpha value is -3.17. The highest BCUT2D eigenvalue weighted by atomic mass is 19.1. The summed E-state index contributed by atoms with van der Waals surface area (Å²) < 4.78 is 50.4. The highest BCUT2D eigenvalue weighted by molar-refractivity contribution is 5.72. The summed E-state index contributed by atoms with van der Waals surface area (Å²) in [4.78, 5) is 15.1. The van der Waals surface area contributed by atoms with Gasteiger partial charge in [0.25, 0.3) is 0 Å². The maximum atomic E-state index is 15.0. The minimum Gasteiger partial charge on any atom is -0.486 e. The van der Waals surface area contributed by atoms with Crippen LogP contribution in [0.3, 0.4) is 0 Å². The summed E-state index contributed by atoms with van der Waals surface area (Å²) in [6, 6.07) is 8.84. The van der Waals surface area contributed by atoms with E-state index in [1.54, 1.807) is 6.07 Å². The monoisotopic (exact) mass is 539 g/mol. The Bertz CT molecular complexity index is 1320. The molecule has 0 radical (unpaired) electrons. The fourth-order valence-corrected chi connectivity index (χ4v) is 5.51. The summed E-state index contributed by atoms with van der Waals surface area (Å²) in [5.41, 5.74) is 2.24. The maximum absolute atomic E-state index is 15.0. The molecule has 0 amide bonds. The standard InChI is InChI=1S/C30H36F3N5O/c1-19(2)38-11-12-39-30-25(32)15-22(16-27(30)38)29-26(33)17-34-28(35-29)14-20-5-6-21(24(31)13-20)18-37-9-7-23(8-10-37)36(3)4/h5-6,13,15-17,19,23H,7-12,14,18H2,1-4H3. The van der Waals surface area contributed by atoms with E-state index in [1.165, 1.54) is 12.1 Å². The second kappa shape index (κ2) is 11.5. The zero-order chi connectivity index (χ0) is 27.7. The molecule has 2 aliphatic heterocycles. The molecule has 0 saturated carbocycles. The zero-order valence-corrected chi connectivity index (χ0v) is 23.1. The Morgan fingerprint density at radius 1 is 1.00 bits per heavy atom. The maximum Gasteiger partial charge on any atom is 0.178 e. The molecule has 0 spiro atoms. The van der Waals surface area contributed by atoms with E-state index in [2.05, 4.69) is 33.9 Å². The van der Waals surface area contributed by atoms with Crippen LogP contribution in [0.25, 0.3) is 11.3 Å². The lowest BCUT2D eigenvalue weighted by atomic mass is 10.0. The second-order valence-corrected chi connectivity index (χ2v) is 11.0. The van der Waals surface area contributed by atoms with Crippen molar-refractivity contribution in [3.63, 3.8) is 0 Å². The molecule has 3 aromatic rings. The minimum atomic E-state index is -0.648. The second-order valence-electron chi connectivity index (χ2n) is 11.0. The van der Waals surface area contributed by atoms with Gasteiger partial charge in [0.1, 0.15) is 23.9 Å². The van der Waals surface area contributed by atoms with Gasteiger partial charge in [-0.3, -0.25) is 4.90 Å². The Morgan fingerprint density at radius 3 is 2.46 bits per heavy atom. The van der Waals surface area contributed by atoms with Gasteiger partial charge in [0.15, 0.2) is 17.4 Å². The van der Waals surface area contributed by atoms with Gasteiger partial charge < -0.3 is 14.5 Å². The molecule has 6 nitrogen and oxygen atoms in total. The number of anilines is 1. The number of hydrogen-bond acceptors (Lipinski definition) is 6. The van der Waals surface area contributed by atoms with Crippen molar-refractivity contribution in [2.24, 2.45) is 0 Å². The third-order valence-electron chi connectivity index (χ3n) is 7.76. The number of piperidine rings is 1. The molecule has 0 bridgehead atoms. The number of rotatable bonds is 7. The first-order valence-electron chi connectivity index (χ1n) is 13.6. The van der Waals surface area contributed by atoms with Crippen LogP contribution in [-0.2, 0) is 13.0 Å². The predicted molar refractivity (Wildman–Crippen MR) is 147 cm³/mol. The van der Waals surface area contributed by atoms with Crippen molar-refractivity contribution in [1.82, 2.24) is 19.8 Å². The molecule has 9 heteroatoms. The van der Waals surface area contributed by atoms with Gasteiger partial charge in [-0.15, -0.1) is 0 Å². The molecule has 1 fully saturated rings. The Balaban J connectivity index is 1.33. The topological polar surface area (TPSA) is 44.7 Å². The van der Waals surface area contributed by atoms with Crippen LogP contribution in [0.4, 0.5) is 18.9 Å². The first-order chi connectivity index (χ1) is 18.7. The van der Waals surface area contributed by atoms with Crippen molar-refractivity contribution < 1.29 is 17.9 Å². The van der Waals surface area contributed by atoms with Gasteiger partial charge in [-0.2, -0.15) is 0 Å². The molecule has 208 valence electrons. The number of benzene rings is 2. The number of fused-ring (bicyclic) bond motifs is 1. The number of aromatic nitrogens is 2. The van der Waals surface area contributed by atoms with Crippen LogP contribution in [0.5, 0.6) is 5.75 Å². The number of nitrogens with zero attached hydrogens (tertiary/aromatic N) is 5. The molecule has 1 aromatic heterocycles. The molecular formula is C30H36F3N5O. The smallest absolute Gasteiger partial charge is 0.178 e. The van der Waals surface area contributed by atoms with Crippen molar-refractivity contribution in [2.75, 3.05) is 45.2 Å². The fourth-order valence-electron chi connectivity index (χ4n) is 5.51. The summed E-state index contributed by atoms with van der Waals surface area (Å²) in [5, 5.41) is 0. The van der Waals surface area contributed by atoms with Crippen LogP contribution >= 0.6 is 0 Å². The molecule has 0 aliphatic carbocycles. The minimum absolute atomic E-state index is 0.00852. The van der Waals surface area contributed by atoms with E-state index in [4.69, 9.17) is 4.74 Å². The summed E-state index contributed by atoms with van der Waals surface area (Å²) in [5.74, 6) is -0.970. The van der Waals surface area contributed by atoms with Gasteiger partial charge >= 0.3 is 0 Å². The lowest BCUT2D eigenvalue weighted by Crippen LogP contribution is -2.41. The molecule has 5 rings (SSSR count). The van der Waals surface area contributed by atoms with Crippen molar-refractivity contribution in [2.45, 2.75) is 51.7 Å². The number of halogens is 3. The third kappa shape index (κ3) is 6.04. The molecule has 39 heavy (non-hydrogen) atoms. The summed E-state index contributed by atoms with van der Waals surface area (Å²) in [6.07, 6.45) is 3.47. The van der Waals surface area contributed by atoms with Gasteiger partial charge in [0.05, 0.1) is 18.4 Å². The van der Waals surface area contributed by atoms with Gasteiger partial charge in [-0.1, -0.05) is 12.1 Å². The molecule has 0 unspecified atom stereocenters. The highest BCUT2D eigenvalue weighted by Gasteiger charge is 2.26. The number of likely N-dealkylation sites (tertiary alicyclic amines) is 1. The summed E-state index contributed by atoms with van der Waals surface area (Å²) >= 11 is 0. The van der Waals surface area contributed by atoms with Gasteiger partial charge in [0.2, 0.25) is 0 Å². The van der Waals surface area contributed by atoms with E-state index in [9.17, 15) is 8.78 Å². The predicted octanol–water partition coefficient (Wildman–Crippen LogP) is 5.28. The lowest BCUT2D eigenvalue weighted by molar-refractivity contribution is 0.139. The van der Waals surface area contributed by atoms with E-state index in [1.807, 2.05) is 30.9 Å². The number of ether oxygens (including phenoxy) is 1. The van der Waals surface area contributed by atoms with E-state index < -0.39 is 11.6 Å². The van der Waals surface area contributed by atoms with Crippen LogP contribution in [0.2, 0.25) is 0 Å². The van der Waals surface area contributed by atoms with Crippen molar-refractivity contribution in [1.29, 1.82) is 0 Å². The molecule has 1 saturated heterocycles. The zero-order valence-electron chi connectivity index (χ0n) is 23.1. The van der Waals surface area contributed by atoms with Crippen LogP contribution in [-0.4, -0.2) is 72.2 Å². The molecule has 3 heterocycles. The lowest BCUT2D eigenvalue weighted by Gasteiger charge is -2.35. The molecule has 0 atom stereocenters. The first kappa shape index (κ1) is 27.4. The van der Waals surface area contributed by atoms with E-state index in [0.717, 1.165) is 32.1 Å². The van der Waals surface area contributed by atoms with Crippen molar-refractivity contribution in [3.05, 3.63) is 70.9 Å². The summed E-state index contributed by atoms with van der Waals surface area (Å²) in [6.45, 7) is 7.49. The molecule has 2 aromatic carbocycles. The molecule has 0 N–H and O–H groups in total. The largest absolute Gasteiger partial charge is 0.486 e. The fraction of sp³-hybridized carbons (Fsp3) is 0.467. The van der Waals surface area contributed by atoms with Crippen molar-refractivity contribution >= 4 is 5.69 Å². The van der Waals surface area contributed by atoms with Crippen LogP contribution in [0, 0.1) is 17.5 Å². The number of hydrogen-bond donors (Lipinski definition) is 0. The quantitative estimate of drug-likeness (QED) is 0.407. The van der Waals surface area contributed by atoms with Gasteiger partial charge in [-0.25, -0.2) is 23.1 Å². The van der Waals surface area contributed by atoms with Gasteiger partial charge in [-0.05, 0) is 77.6 Å². The third-order valence-corrected chi connectivity index (χ3v) is 7.76. The normalized spacial score (nSPS) is 16.6. The van der Waals surface area contributed by atoms with E-state index in [0.29, 0.717) is 53.9 Å².